The van der Waals surface area contributed by atoms with E-state index < -0.39 is 18.0 Å². The van der Waals surface area contributed by atoms with Crippen LogP contribution >= 0.6 is 0 Å². The summed E-state index contributed by atoms with van der Waals surface area (Å²) in [6.45, 7) is 3.75. The average molecular weight is 418 g/mol. The molecule has 0 fully saturated rings. The van der Waals surface area contributed by atoms with Crippen molar-refractivity contribution in [1.82, 2.24) is 4.98 Å². The molecule has 3 aromatic rings. The van der Waals surface area contributed by atoms with Gasteiger partial charge in [-0.05, 0) is 55.9 Å². The molecule has 1 aliphatic rings. The highest BCUT2D eigenvalue weighted by atomic mass is 16.5. The monoisotopic (exact) mass is 418 g/mol. The highest BCUT2D eigenvalue weighted by molar-refractivity contribution is 6.06. The van der Waals surface area contributed by atoms with Gasteiger partial charge in [0.05, 0.1) is 23.9 Å². The third-order valence-corrected chi connectivity index (χ3v) is 5.73. The molecule has 1 N–H and O–H groups in total. The molecular weight excluding hydrogens is 392 g/mol. The number of rotatable bonds is 5. The summed E-state index contributed by atoms with van der Waals surface area (Å²) in [5.74, 6) is 0.0934. The highest BCUT2D eigenvalue weighted by Gasteiger charge is 2.28. The first-order valence-electron chi connectivity index (χ1n) is 10.5. The Balaban J connectivity index is 1.61. The van der Waals surface area contributed by atoms with Crippen LogP contribution in [0.25, 0.3) is 10.9 Å². The number of fused-ring (bicyclic) bond motifs is 2. The molecule has 1 amide bonds. The lowest BCUT2D eigenvalue weighted by Gasteiger charge is -2.24. The van der Waals surface area contributed by atoms with Gasteiger partial charge in [-0.25, -0.2) is 4.79 Å². The van der Waals surface area contributed by atoms with E-state index in [9.17, 15) is 9.59 Å². The third-order valence-electron chi connectivity index (χ3n) is 5.73. The number of aromatic nitrogens is 1. The standard InChI is InChI=1S/C25H26N2O4/c1-15-12-13-20-18(14-15)23(17-8-4-5-9-19(17)26-20)25(29)31-16(2)24(28)27-21-10-6-7-11-22(21)30-3/h4-11,15-16H,12-14H2,1-3H3,(H,27,28)/t15-,16+/m1/s1. The molecule has 0 bridgehead atoms. The second kappa shape index (κ2) is 8.76. The van der Waals surface area contributed by atoms with Gasteiger partial charge in [-0.1, -0.05) is 37.3 Å². The second-order valence-corrected chi connectivity index (χ2v) is 8.01. The van der Waals surface area contributed by atoms with E-state index in [2.05, 4.69) is 12.2 Å². The predicted molar refractivity (Wildman–Crippen MR) is 119 cm³/mol. The molecule has 1 aliphatic carbocycles. The normalized spacial score (nSPS) is 16.3. The fourth-order valence-electron chi connectivity index (χ4n) is 4.05. The van der Waals surface area contributed by atoms with Crippen LogP contribution in [-0.2, 0) is 22.4 Å². The average Bonchev–Trinajstić information content (AvgIpc) is 2.77. The van der Waals surface area contributed by atoms with E-state index in [0.717, 1.165) is 41.4 Å². The molecule has 1 heterocycles. The Morgan fingerprint density at radius 3 is 2.68 bits per heavy atom. The van der Waals surface area contributed by atoms with Crippen molar-refractivity contribution in [3.05, 3.63) is 65.4 Å². The van der Waals surface area contributed by atoms with Crippen molar-refractivity contribution in [3.8, 4) is 5.75 Å². The van der Waals surface area contributed by atoms with Crippen molar-refractivity contribution in [2.24, 2.45) is 5.92 Å². The molecule has 4 rings (SSSR count). The number of esters is 1. The van der Waals surface area contributed by atoms with Gasteiger partial charge in [0.25, 0.3) is 5.91 Å². The molecule has 0 saturated heterocycles. The van der Waals surface area contributed by atoms with Gasteiger partial charge in [-0.2, -0.15) is 0 Å². The number of anilines is 1. The summed E-state index contributed by atoms with van der Waals surface area (Å²) in [6.07, 6.45) is 1.69. The fraction of sp³-hybridized carbons (Fsp3) is 0.320. The molecule has 6 nitrogen and oxygen atoms in total. The molecule has 31 heavy (non-hydrogen) atoms. The Morgan fingerprint density at radius 2 is 1.87 bits per heavy atom. The molecule has 0 aliphatic heterocycles. The lowest BCUT2D eigenvalue weighted by atomic mass is 9.84. The minimum absolute atomic E-state index is 0.418. The number of pyridine rings is 1. The molecular formula is C25H26N2O4. The highest BCUT2D eigenvalue weighted by Crippen LogP contribution is 2.32. The summed E-state index contributed by atoms with van der Waals surface area (Å²) < 4.78 is 10.9. The number of para-hydroxylation sites is 3. The van der Waals surface area contributed by atoms with Gasteiger partial charge in [0.1, 0.15) is 5.75 Å². The molecule has 6 heteroatoms. The van der Waals surface area contributed by atoms with Crippen LogP contribution in [0.4, 0.5) is 5.69 Å². The molecule has 2 atom stereocenters. The topological polar surface area (TPSA) is 77.5 Å². The molecule has 1 aromatic heterocycles. The van der Waals surface area contributed by atoms with Crippen LogP contribution < -0.4 is 10.1 Å². The lowest BCUT2D eigenvalue weighted by Crippen LogP contribution is -2.31. The van der Waals surface area contributed by atoms with Crippen LogP contribution in [0.2, 0.25) is 0 Å². The van der Waals surface area contributed by atoms with Gasteiger partial charge in [0, 0.05) is 11.1 Å². The second-order valence-electron chi connectivity index (χ2n) is 8.01. The van der Waals surface area contributed by atoms with E-state index in [0.29, 0.717) is 22.9 Å². The summed E-state index contributed by atoms with van der Waals surface area (Å²) >= 11 is 0. The van der Waals surface area contributed by atoms with Crippen LogP contribution in [-0.4, -0.2) is 30.1 Å². The Bertz CT molecular complexity index is 1140. The number of carbonyl (C=O) groups is 2. The Hall–Kier alpha value is -3.41. The minimum Gasteiger partial charge on any atom is -0.495 e. The number of amides is 1. The molecule has 2 aromatic carbocycles. The third kappa shape index (κ3) is 4.24. The largest absolute Gasteiger partial charge is 0.495 e. The minimum atomic E-state index is -0.971. The first kappa shape index (κ1) is 20.8. The molecule has 0 unspecified atom stereocenters. The fourth-order valence-corrected chi connectivity index (χ4v) is 4.05. The van der Waals surface area contributed by atoms with E-state index in [1.165, 1.54) is 7.11 Å². The van der Waals surface area contributed by atoms with E-state index in [1.54, 1.807) is 25.1 Å². The van der Waals surface area contributed by atoms with Gasteiger partial charge >= 0.3 is 5.97 Å². The number of carbonyl (C=O) groups excluding carboxylic acids is 2. The number of hydrogen-bond donors (Lipinski definition) is 1. The van der Waals surface area contributed by atoms with Crippen LogP contribution in [0.3, 0.4) is 0 Å². The maximum atomic E-state index is 13.3. The van der Waals surface area contributed by atoms with E-state index in [4.69, 9.17) is 14.5 Å². The van der Waals surface area contributed by atoms with Crippen LogP contribution in [0.15, 0.2) is 48.5 Å². The van der Waals surface area contributed by atoms with E-state index in [-0.39, 0.29) is 0 Å². The predicted octanol–water partition coefficient (Wildman–Crippen LogP) is 4.55. The van der Waals surface area contributed by atoms with Crippen molar-refractivity contribution < 1.29 is 19.1 Å². The summed E-state index contributed by atoms with van der Waals surface area (Å²) in [5, 5.41) is 3.53. The first-order valence-corrected chi connectivity index (χ1v) is 10.5. The maximum Gasteiger partial charge on any atom is 0.339 e. The Kier molecular flexibility index (Phi) is 5.89. The Morgan fingerprint density at radius 1 is 1.13 bits per heavy atom. The van der Waals surface area contributed by atoms with Gasteiger partial charge in [0.2, 0.25) is 0 Å². The number of methoxy groups -OCH3 is 1. The zero-order valence-corrected chi connectivity index (χ0v) is 18.0. The van der Waals surface area contributed by atoms with Gasteiger partial charge in [0.15, 0.2) is 6.10 Å². The Labute approximate surface area is 181 Å². The van der Waals surface area contributed by atoms with E-state index >= 15 is 0 Å². The molecule has 160 valence electrons. The number of aryl methyl sites for hydroxylation is 1. The molecule has 0 radical (unpaired) electrons. The van der Waals surface area contributed by atoms with Crippen molar-refractivity contribution in [2.75, 3.05) is 12.4 Å². The first-order chi connectivity index (χ1) is 15.0. The van der Waals surface area contributed by atoms with Crippen LogP contribution in [0.1, 0.15) is 41.9 Å². The number of nitrogens with zero attached hydrogens (tertiary/aromatic N) is 1. The smallest absolute Gasteiger partial charge is 0.339 e. The number of hydrogen-bond acceptors (Lipinski definition) is 5. The lowest BCUT2D eigenvalue weighted by molar-refractivity contribution is -0.123. The van der Waals surface area contributed by atoms with Crippen molar-refractivity contribution >= 4 is 28.5 Å². The quantitative estimate of drug-likeness (QED) is 0.615. The van der Waals surface area contributed by atoms with Crippen molar-refractivity contribution in [1.29, 1.82) is 0 Å². The number of ether oxygens (including phenoxy) is 2. The summed E-state index contributed by atoms with van der Waals surface area (Å²) in [4.78, 5) is 30.8. The molecule has 0 spiro atoms. The van der Waals surface area contributed by atoms with Gasteiger partial charge < -0.3 is 14.8 Å². The van der Waals surface area contributed by atoms with Gasteiger partial charge in [-0.15, -0.1) is 0 Å². The summed E-state index contributed by atoms with van der Waals surface area (Å²) in [6, 6.07) is 14.7. The van der Waals surface area contributed by atoms with Crippen molar-refractivity contribution in [2.45, 2.75) is 39.2 Å². The number of benzene rings is 2. The summed E-state index contributed by atoms with van der Waals surface area (Å²) in [7, 11) is 1.53. The number of nitrogens with one attached hydrogen (secondary N) is 1. The van der Waals surface area contributed by atoms with Crippen LogP contribution in [0.5, 0.6) is 5.75 Å². The molecule has 0 saturated carbocycles. The van der Waals surface area contributed by atoms with Crippen molar-refractivity contribution in [3.63, 3.8) is 0 Å². The maximum absolute atomic E-state index is 13.3. The SMILES string of the molecule is COc1ccccc1NC(=O)[C@H](C)OC(=O)c1c2c(nc3ccccc13)CC[C@@H](C)C2. The van der Waals surface area contributed by atoms with Crippen LogP contribution in [0, 0.1) is 5.92 Å². The zero-order valence-electron chi connectivity index (χ0n) is 18.0. The summed E-state index contributed by atoms with van der Waals surface area (Å²) in [5.41, 5.74) is 3.73. The zero-order chi connectivity index (χ0) is 22.0. The van der Waals surface area contributed by atoms with E-state index in [1.807, 2.05) is 30.3 Å². The van der Waals surface area contributed by atoms with Gasteiger partial charge in [-0.3, -0.25) is 9.78 Å².